The Balaban J connectivity index is 0.00000256. The Hall–Kier alpha value is -2.98. The van der Waals surface area contributed by atoms with Crippen LogP contribution in [0.1, 0.15) is 40.6 Å². The van der Waals surface area contributed by atoms with Crippen LogP contribution in [0, 0.1) is 12.7 Å². The molecule has 3 heterocycles. The Morgan fingerprint density at radius 3 is 2.73 bits per heavy atom. The van der Waals surface area contributed by atoms with Crippen molar-refractivity contribution in [3.63, 3.8) is 0 Å². The van der Waals surface area contributed by atoms with Crippen molar-refractivity contribution in [2.75, 3.05) is 18.4 Å². The average Bonchev–Trinajstić information content (AvgIpc) is 3.25. The number of carbonyl (C=O) groups excluding carboxylic acids is 1. The highest BCUT2D eigenvalue weighted by Crippen LogP contribution is 2.24. The predicted octanol–water partition coefficient (Wildman–Crippen LogP) is 2.30. The molecule has 2 aromatic heterocycles. The predicted molar refractivity (Wildman–Crippen MR) is 111 cm³/mol. The number of aromatic nitrogens is 5. The minimum absolute atomic E-state index is 0. The molecule has 9 nitrogen and oxygen atoms in total. The summed E-state index contributed by atoms with van der Waals surface area (Å²) in [6, 6.07) is 4.19. The lowest BCUT2D eigenvalue weighted by Crippen LogP contribution is -2.27. The second-order valence-corrected chi connectivity index (χ2v) is 7.13. The molecule has 0 unspecified atom stereocenters. The Morgan fingerprint density at radius 2 is 2.03 bits per heavy atom. The van der Waals surface area contributed by atoms with Crippen LogP contribution in [0.15, 0.2) is 24.4 Å². The topological polar surface area (TPSA) is 110 Å². The molecule has 30 heavy (non-hydrogen) atoms. The van der Waals surface area contributed by atoms with Crippen LogP contribution in [0.2, 0.25) is 0 Å². The molecule has 3 aromatic rings. The average molecular weight is 436 g/mol. The number of amides is 1. The van der Waals surface area contributed by atoms with E-state index in [1.807, 2.05) is 0 Å². The van der Waals surface area contributed by atoms with Gasteiger partial charge in [0, 0.05) is 13.0 Å². The maximum absolute atomic E-state index is 13.3. The van der Waals surface area contributed by atoms with Crippen LogP contribution in [0.25, 0.3) is 5.69 Å². The highest BCUT2D eigenvalue weighted by molar-refractivity contribution is 6.03. The summed E-state index contributed by atoms with van der Waals surface area (Å²) < 4.78 is 16.2. The lowest BCUT2D eigenvalue weighted by molar-refractivity contribution is 0.101. The van der Waals surface area contributed by atoms with Crippen LogP contribution < -0.4 is 10.6 Å². The van der Waals surface area contributed by atoms with Gasteiger partial charge in [0.05, 0.1) is 11.9 Å². The van der Waals surface area contributed by atoms with Crippen molar-refractivity contribution >= 4 is 24.3 Å². The first-order valence-electron chi connectivity index (χ1n) is 9.40. The summed E-state index contributed by atoms with van der Waals surface area (Å²) in [4.78, 5) is 17.1. The molecule has 1 saturated heterocycles. The van der Waals surface area contributed by atoms with Gasteiger partial charge in [-0.25, -0.2) is 13.8 Å². The van der Waals surface area contributed by atoms with E-state index in [2.05, 4.69) is 25.8 Å². The molecule has 0 saturated carbocycles. The third-order valence-corrected chi connectivity index (χ3v) is 5.02. The highest BCUT2D eigenvalue weighted by Gasteiger charge is 2.23. The SMILES string of the molecule is Cc1cc(F)ccc1-n1cc(O)c(C(=O)Nc2nc(C3CCNCC3)nn2C)n1.Cl. The molecule has 1 aliphatic rings. The van der Waals surface area contributed by atoms with Crippen molar-refractivity contribution in [3.05, 3.63) is 47.3 Å². The summed E-state index contributed by atoms with van der Waals surface area (Å²) in [6.45, 7) is 3.55. The second-order valence-electron chi connectivity index (χ2n) is 7.13. The maximum atomic E-state index is 13.3. The van der Waals surface area contributed by atoms with Gasteiger partial charge in [-0.15, -0.1) is 12.4 Å². The monoisotopic (exact) mass is 435 g/mol. The number of hydrogen-bond donors (Lipinski definition) is 3. The van der Waals surface area contributed by atoms with Gasteiger partial charge in [-0.3, -0.25) is 10.1 Å². The standard InChI is InChI=1S/C19H22FN7O2.ClH/c1-11-9-13(20)3-4-14(11)27-10-15(28)16(24-27)18(29)23-19-22-17(25-26(19)2)12-5-7-21-8-6-12;/h3-4,9-10,12,21,28H,5-8H2,1-2H3,(H,22,23,25,29);1H. The Bertz CT molecular complexity index is 1060. The molecule has 0 aliphatic carbocycles. The summed E-state index contributed by atoms with van der Waals surface area (Å²) in [5.41, 5.74) is 1.03. The van der Waals surface area contributed by atoms with E-state index in [1.54, 1.807) is 14.0 Å². The van der Waals surface area contributed by atoms with Crippen LogP contribution in [0.4, 0.5) is 10.3 Å². The molecule has 11 heteroatoms. The molecule has 1 aliphatic heterocycles. The minimum Gasteiger partial charge on any atom is -0.504 e. The molecule has 1 aromatic carbocycles. The van der Waals surface area contributed by atoms with Crippen molar-refractivity contribution in [3.8, 4) is 11.4 Å². The Morgan fingerprint density at radius 1 is 1.30 bits per heavy atom. The number of hydrogen-bond acceptors (Lipinski definition) is 6. The second kappa shape index (κ2) is 8.80. The summed E-state index contributed by atoms with van der Waals surface area (Å²) >= 11 is 0. The van der Waals surface area contributed by atoms with Crippen LogP contribution >= 0.6 is 12.4 Å². The van der Waals surface area contributed by atoms with E-state index in [1.165, 1.54) is 33.8 Å². The molecule has 1 fully saturated rings. The molecular weight excluding hydrogens is 413 g/mol. The first-order valence-corrected chi connectivity index (χ1v) is 9.40. The van der Waals surface area contributed by atoms with E-state index < -0.39 is 5.91 Å². The number of piperidine rings is 1. The van der Waals surface area contributed by atoms with Gasteiger partial charge in [0.1, 0.15) is 5.82 Å². The van der Waals surface area contributed by atoms with Crippen molar-refractivity contribution in [1.29, 1.82) is 0 Å². The van der Waals surface area contributed by atoms with E-state index in [-0.39, 0.29) is 41.5 Å². The van der Waals surface area contributed by atoms with Crippen molar-refractivity contribution in [2.45, 2.75) is 25.7 Å². The highest BCUT2D eigenvalue weighted by atomic mass is 35.5. The van der Waals surface area contributed by atoms with Gasteiger partial charge in [-0.1, -0.05) is 0 Å². The van der Waals surface area contributed by atoms with Crippen LogP contribution in [0.3, 0.4) is 0 Å². The lowest BCUT2D eigenvalue weighted by atomic mass is 9.98. The zero-order valence-electron chi connectivity index (χ0n) is 16.6. The van der Waals surface area contributed by atoms with Gasteiger partial charge in [-0.2, -0.15) is 15.2 Å². The third-order valence-electron chi connectivity index (χ3n) is 5.02. The van der Waals surface area contributed by atoms with E-state index in [9.17, 15) is 14.3 Å². The fraction of sp³-hybridized carbons (Fsp3) is 0.368. The van der Waals surface area contributed by atoms with Crippen molar-refractivity contribution < 1.29 is 14.3 Å². The Labute approximate surface area is 178 Å². The third kappa shape index (κ3) is 4.29. The first-order chi connectivity index (χ1) is 13.9. The summed E-state index contributed by atoms with van der Waals surface area (Å²) in [5, 5.41) is 24.7. The van der Waals surface area contributed by atoms with E-state index >= 15 is 0 Å². The van der Waals surface area contributed by atoms with Crippen molar-refractivity contribution in [1.82, 2.24) is 29.9 Å². The van der Waals surface area contributed by atoms with Gasteiger partial charge >= 0.3 is 0 Å². The number of nitrogens with one attached hydrogen (secondary N) is 2. The molecule has 0 spiro atoms. The number of aromatic hydroxyl groups is 1. The number of benzene rings is 1. The number of halogens is 2. The molecule has 0 atom stereocenters. The minimum atomic E-state index is -0.603. The molecule has 3 N–H and O–H groups in total. The maximum Gasteiger partial charge on any atom is 0.282 e. The van der Waals surface area contributed by atoms with Gasteiger partial charge in [0.15, 0.2) is 17.3 Å². The molecule has 0 bridgehead atoms. The van der Waals surface area contributed by atoms with Crippen LogP contribution in [-0.4, -0.2) is 48.6 Å². The number of rotatable bonds is 4. The van der Waals surface area contributed by atoms with E-state index in [0.29, 0.717) is 17.1 Å². The number of anilines is 1. The molecule has 4 rings (SSSR count). The largest absolute Gasteiger partial charge is 0.504 e. The first kappa shape index (κ1) is 21.7. The summed E-state index contributed by atoms with van der Waals surface area (Å²) in [6.07, 6.45) is 3.20. The van der Waals surface area contributed by atoms with Gasteiger partial charge in [-0.05, 0) is 56.6 Å². The molecule has 0 radical (unpaired) electrons. The lowest BCUT2D eigenvalue weighted by Gasteiger charge is -2.19. The van der Waals surface area contributed by atoms with Crippen LogP contribution in [-0.2, 0) is 7.05 Å². The number of nitrogens with zero attached hydrogens (tertiary/aromatic N) is 5. The van der Waals surface area contributed by atoms with Gasteiger partial charge < -0.3 is 10.4 Å². The van der Waals surface area contributed by atoms with Gasteiger partial charge in [0.2, 0.25) is 5.95 Å². The zero-order chi connectivity index (χ0) is 20.5. The quantitative estimate of drug-likeness (QED) is 0.580. The number of aryl methyl sites for hydroxylation is 2. The van der Waals surface area contributed by atoms with E-state index in [0.717, 1.165) is 25.9 Å². The molecular formula is C19H23ClFN7O2. The fourth-order valence-electron chi connectivity index (χ4n) is 3.45. The summed E-state index contributed by atoms with van der Waals surface area (Å²) in [5.74, 6) is -0.0219. The Kier molecular flexibility index (Phi) is 6.37. The fourth-order valence-corrected chi connectivity index (χ4v) is 3.45. The van der Waals surface area contributed by atoms with Crippen LogP contribution in [0.5, 0.6) is 5.75 Å². The van der Waals surface area contributed by atoms with Gasteiger partial charge in [0.25, 0.3) is 5.91 Å². The summed E-state index contributed by atoms with van der Waals surface area (Å²) in [7, 11) is 1.70. The number of carbonyl (C=O) groups is 1. The normalized spacial score (nSPS) is 14.4. The smallest absolute Gasteiger partial charge is 0.282 e. The van der Waals surface area contributed by atoms with E-state index in [4.69, 9.17) is 0 Å². The molecule has 160 valence electrons. The molecule has 1 amide bonds. The zero-order valence-corrected chi connectivity index (χ0v) is 17.4. The van der Waals surface area contributed by atoms with Crippen molar-refractivity contribution in [2.24, 2.45) is 7.05 Å².